The molecule has 0 aromatic rings. The Morgan fingerprint density at radius 1 is 1.38 bits per heavy atom. The van der Waals surface area contributed by atoms with Crippen LogP contribution >= 0.6 is 22.6 Å². The topological polar surface area (TPSA) is 12.0 Å². The van der Waals surface area contributed by atoms with Gasteiger partial charge in [0.15, 0.2) is 0 Å². The predicted octanol–water partition coefficient (Wildman–Crippen LogP) is 2.94. The van der Waals surface area contributed by atoms with E-state index in [1.807, 2.05) is 0 Å². The van der Waals surface area contributed by atoms with Gasteiger partial charge in [-0.15, -0.1) is 0 Å². The van der Waals surface area contributed by atoms with Crippen molar-refractivity contribution in [3.05, 3.63) is 35.5 Å². The predicted molar refractivity (Wildman–Crippen MR) is 65.0 cm³/mol. The molecule has 0 aromatic carbocycles. The van der Waals surface area contributed by atoms with Gasteiger partial charge in [0, 0.05) is 6.54 Å². The van der Waals surface area contributed by atoms with Gasteiger partial charge in [0.25, 0.3) is 0 Å². The first-order valence-corrected chi connectivity index (χ1v) is 6.02. The van der Waals surface area contributed by atoms with Crippen molar-refractivity contribution in [3.63, 3.8) is 0 Å². The quantitative estimate of drug-likeness (QED) is 0.410. The fraction of sp³-hybridized carbons (Fsp3) is 0.455. The highest BCUT2D eigenvalue weighted by atomic mass is 127. The molecule has 0 saturated carbocycles. The van der Waals surface area contributed by atoms with Crippen LogP contribution in [0, 0.1) is 0 Å². The second kappa shape index (κ2) is 4.42. The maximum atomic E-state index is 3.51. The molecule has 1 N–H and O–H groups in total. The Kier molecular flexibility index (Phi) is 3.22. The van der Waals surface area contributed by atoms with Crippen molar-refractivity contribution in [3.8, 4) is 0 Å². The van der Waals surface area contributed by atoms with Crippen LogP contribution in [0.25, 0.3) is 0 Å². The molecule has 1 aliphatic heterocycles. The van der Waals surface area contributed by atoms with E-state index >= 15 is 0 Å². The molecule has 0 fully saturated rings. The summed E-state index contributed by atoms with van der Waals surface area (Å²) in [4.78, 5) is 0. The van der Waals surface area contributed by atoms with Crippen LogP contribution in [0.3, 0.4) is 0 Å². The maximum absolute atomic E-state index is 3.51. The Morgan fingerprint density at radius 3 is 3.23 bits per heavy atom. The number of nitrogens with one attached hydrogen (secondary N) is 1. The lowest BCUT2D eigenvalue weighted by molar-refractivity contribution is 0.684. The van der Waals surface area contributed by atoms with Crippen molar-refractivity contribution >= 4 is 22.6 Å². The van der Waals surface area contributed by atoms with Crippen molar-refractivity contribution in [2.45, 2.75) is 23.3 Å². The molecule has 0 saturated heterocycles. The van der Waals surface area contributed by atoms with E-state index in [4.69, 9.17) is 0 Å². The van der Waals surface area contributed by atoms with E-state index in [1.54, 1.807) is 11.1 Å². The summed E-state index contributed by atoms with van der Waals surface area (Å²) in [5.74, 6) is 0. The minimum atomic E-state index is 0.616. The van der Waals surface area contributed by atoms with Crippen molar-refractivity contribution in [2.24, 2.45) is 0 Å². The van der Waals surface area contributed by atoms with E-state index < -0.39 is 0 Å². The van der Waals surface area contributed by atoms with Crippen LogP contribution in [0.5, 0.6) is 0 Å². The minimum absolute atomic E-state index is 0.616. The van der Waals surface area contributed by atoms with Gasteiger partial charge < -0.3 is 5.32 Å². The number of allylic oxidation sites excluding steroid dienone is 4. The molecule has 2 aliphatic rings. The average Bonchev–Trinajstić information content (AvgIpc) is 2.38. The highest BCUT2D eigenvalue weighted by Gasteiger charge is 2.14. The van der Waals surface area contributed by atoms with Gasteiger partial charge in [-0.2, -0.15) is 0 Å². The standard InChI is InChI=1S/C11H14IN/c12-11-8-10-5-3-1-2-4-9(10)6-7-13-11/h1-4,11,13H,5-8H2. The summed E-state index contributed by atoms with van der Waals surface area (Å²) in [6.07, 6.45) is 12.4. The Bertz CT molecular complexity index is 276. The van der Waals surface area contributed by atoms with Crippen LogP contribution in [-0.2, 0) is 0 Å². The van der Waals surface area contributed by atoms with E-state index in [0.717, 1.165) is 13.0 Å². The zero-order valence-corrected chi connectivity index (χ0v) is 9.75. The monoisotopic (exact) mass is 287 g/mol. The molecule has 2 rings (SSSR count). The van der Waals surface area contributed by atoms with Crippen molar-refractivity contribution in [1.82, 2.24) is 5.32 Å². The molecule has 1 atom stereocenters. The molecule has 13 heavy (non-hydrogen) atoms. The van der Waals surface area contributed by atoms with Gasteiger partial charge >= 0.3 is 0 Å². The minimum Gasteiger partial charge on any atom is -0.305 e. The Hall–Kier alpha value is -0.0900. The average molecular weight is 287 g/mol. The van der Waals surface area contributed by atoms with Gasteiger partial charge in [-0.3, -0.25) is 0 Å². The van der Waals surface area contributed by atoms with E-state index in [0.29, 0.717) is 4.05 Å². The fourth-order valence-corrected chi connectivity index (χ4v) is 2.68. The maximum Gasteiger partial charge on any atom is 0.0631 e. The molecule has 0 spiro atoms. The zero-order valence-electron chi connectivity index (χ0n) is 7.59. The van der Waals surface area contributed by atoms with Crippen LogP contribution < -0.4 is 5.32 Å². The third kappa shape index (κ3) is 2.44. The number of rotatable bonds is 0. The molecular weight excluding hydrogens is 273 g/mol. The molecule has 0 bridgehead atoms. The molecule has 1 aliphatic carbocycles. The molecule has 2 heteroatoms. The highest BCUT2D eigenvalue weighted by molar-refractivity contribution is 14.1. The third-order valence-electron chi connectivity index (χ3n) is 2.55. The normalized spacial score (nSPS) is 28.2. The SMILES string of the molecule is IC1CC2=C(C=CC=CC2)CCN1. The van der Waals surface area contributed by atoms with Crippen molar-refractivity contribution in [1.29, 1.82) is 0 Å². The largest absolute Gasteiger partial charge is 0.305 e. The van der Waals surface area contributed by atoms with E-state index in [1.165, 1.54) is 12.8 Å². The summed E-state index contributed by atoms with van der Waals surface area (Å²) < 4.78 is 0.616. The van der Waals surface area contributed by atoms with Gasteiger partial charge in [0.1, 0.15) is 0 Å². The van der Waals surface area contributed by atoms with Crippen molar-refractivity contribution in [2.75, 3.05) is 6.54 Å². The van der Waals surface area contributed by atoms with Crippen LogP contribution in [0.4, 0.5) is 0 Å². The van der Waals surface area contributed by atoms with Gasteiger partial charge in [0.05, 0.1) is 4.05 Å². The van der Waals surface area contributed by atoms with Gasteiger partial charge in [-0.05, 0) is 24.8 Å². The molecule has 0 radical (unpaired) electrons. The van der Waals surface area contributed by atoms with Crippen LogP contribution in [0.15, 0.2) is 35.5 Å². The summed E-state index contributed by atoms with van der Waals surface area (Å²) in [6, 6.07) is 0. The second-order valence-electron chi connectivity index (χ2n) is 3.50. The number of hydrogen-bond donors (Lipinski definition) is 1. The summed E-state index contributed by atoms with van der Waals surface area (Å²) in [5.41, 5.74) is 3.17. The number of halogens is 1. The molecule has 1 heterocycles. The second-order valence-corrected chi connectivity index (χ2v) is 5.00. The fourth-order valence-electron chi connectivity index (χ4n) is 1.84. The van der Waals surface area contributed by atoms with Crippen LogP contribution in [0.1, 0.15) is 19.3 Å². The number of alkyl halides is 1. The molecule has 0 amide bonds. The molecule has 1 nitrogen and oxygen atoms in total. The molecular formula is C11H14IN. The van der Waals surface area contributed by atoms with Crippen molar-refractivity contribution < 1.29 is 0 Å². The van der Waals surface area contributed by atoms with Crippen LogP contribution in [-0.4, -0.2) is 10.6 Å². The first kappa shape index (κ1) is 9.46. The summed E-state index contributed by atoms with van der Waals surface area (Å²) in [6.45, 7) is 1.12. The van der Waals surface area contributed by atoms with Gasteiger partial charge in [0.2, 0.25) is 0 Å². The Morgan fingerprint density at radius 2 is 2.31 bits per heavy atom. The Labute approximate surface area is 93.1 Å². The molecule has 1 unspecified atom stereocenters. The first-order chi connectivity index (χ1) is 6.36. The van der Waals surface area contributed by atoms with Gasteiger partial charge in [-0.1, -0.05) is 52.5 Å². The smallest absolute Gasteiger partial charge is 0.0631 e. The lowest BCUT2D eigenvalue weighted by Crippen LogP contribution is -2.22. The zero-order chi connectivity index (χ0) is 9.10. The first-order valence-electron chi connectivity index (χ1n) is 4.78. The molecule has 70 valence electrons. The van der Waals surface area contributed by atoms with Gasteiger partial charge in [-0.25, -0.2) is 0 Å². The lowest BCUT2D eigenvalue weighted by atomic mass is 10.0. The third-order valence-corrected chi connectivity index (χ3v) is 3.43. The summed E-state index contributed by atoms with van der Waals surface area (Å²) in [5, 5.41) is 3.51. The molecule has 0 aromatic heterocycles. The highest BCUT2D eigenvalue weighted by Crippen LogP contribution is 2.26. The van der Waals surface area contributed by atoms with E-state index in [2.05, 4.69) is 52.2 Å². The van der Waals surface area contributed by atoms with E-state index in [9.17, 15) is 0 Å². The summed E-state index contributed by atoms with van der Waals surface area (Å²) >= 11 is 2.49. The Balaban J connectivity index is 2.22. The van der Waals surface area contributed by atoms with E-state index in [-0.39, 0.29) is 0 Å². The summed E-state index contributed by atoms with van der Waals surface area (Å²) in [7, 11) is 0. The van der Waals surface area contributed by atoms with Crippen LogP contribution in [0.2, 0.25) is 0 Å². The lowest BCUT2D eigenvalue weighted by Gasteiger charge is -2.09. The number of hydrogen-bond acceptors (Lipinski definition) is 1.